The summed E-state index contributed by atoms with van der Waals surface area (Å²) in [5, 5.41) is 5.17. The highest BCUT2D eigenvalue weighted by Crippen LogP contribution is 2.19. The van der Waals surface area contributed by atoms with Crippen molar-refractivity contribution in [1.29, 1.82) is 0 Å². The lowest BCUT2D eigenvalue weighted by atomic mass is 9.98. The Hall–Kier alpha value is -2.22. The molecule has 0 unspecified atom stereocenters. The molecule has 0 atom stereocenters. The number of ketones is 1. The van der Waals surface area contributed by atoms with Gasteiger partial charge in [-0.1, -0.05) is 19.3 Å². The van der Waals surface area contributed by atoms with Gasteiger partial charge in [0.05, 0.1) is 18.9 Å². The minimum atomic E-state index is -0.377. The number of carbonyl (C=O) groups is 3. The number of hydrogen-bond donors (Lipinski definition) is 3. The van der Waals surface area contributed by atoms with Gasteiger partial charge in [-0.25, -0.2) is 4.98 Å². The minimum Gasteiger partial charge on any atom is -0.376 e. The molecule has 1 aliphatic carbocycles. The highest BCUT2D eigenvalue weighted by atomic mass is 16.5. The van der Waals surface area contributed by atoms with Crippen molar-refractivity contribution >= 4 is 17.6 Å². The van der Waals surface area contributed by atoms with Crippen molar-refractivity contribution in [3.63, 3.8) is 0 Å². The van der Waals surface area contributed by atoms with Crippen molar-refractivity contribution in [2.24, 2.45) is 0 Å². The standard InChI is InChI=1S/C17H26N4O4/c1-18-15(23)8-7-14(22)13-11-20-16(21-13)17(24)19-9-10-25-12-5-3-2-4-6-12/h11-12H,2-10H2,1H3,(H,18,23)(H,19,24)(H,20,21). The summed E-state index contributed by atoms with van der Waals surface area (Å²) in [6.07, 6.45) is 7.67. The number of amides is 2. The van der Waals surface area contributed by atoms with E-state index in [0.717, 1.165) is 12.8 Å². The Kier molecular flexibility index (Phi) is 7.59. The van der Waals surface area contributed by atoms with E-state index in [9.17, 15) is 14.4 Å². The average Bonchev–Trinajstić information content (AvgIpc) is 3.14. The first-order valence-electron chi connectivity index (χ1n) is 8.78. The van der Waals surface area contributed by atoms with Crippen molar-refractivity contribution in [2.45, 2.75) is 51.0 Å². The smallest absolute Gasteiger partial charge is 0.287 e. The molecule has 1 saturated carbocycles. The van der Waals surface area contributed by atoms with E-state index >= 15 is 0 Å². The van der Waals surface area contributed by atoms with Crippen LogP contribution in [0.4, 0.5) is 0 Å². The molecule has 3 N–H and O–H groups in total. The molecule has 0 spiro atoms. The Morgan fingerprint density at radius 1 is 1.24 bits per heavy atom. The molecule has 1 aromatic rings. The second kappa shape index (κ2) is 9.93. The fraction of sp³-hybridized carbons (Fsp3) is 0.647. The van der Waals surface area contributed by atoms with Crippen LogP contribution < -0.4 is 10.6 Å². The molecule has 2 rings (SSSR count). The largest absolute Gasteiger partial charge is 0.376 e. The summed E-state index contributed by atoms with van der Waals surface area (Å²) in [6.45, 7) is 0.866. The summed E-state index contributed by atoms with van der Waals surface area (Å²) in [7, 11) is 1.52. The van der Waals surface area contributed by atoms with Crippen LogP contribution in [0.15, 0.2) is 6.20 Å². The number of H-pyrrole nitrogens is 1. The van der Waals surface area contributed by atoms with E-state index in [2.05, 4.69) is 20.6 Å². The van der Waals surface area contributed by atoms with Gasteiger partial charge in [-0.2, -0.15) is 0 Å². The molecule has 1 aromatic heterocycles. The average molecular weight is 350 g/mol. The van der Waals surface area contributed by atoms with E-state index in [-0.39, 0.29) is 42.0 Å². The van der Waals surface area contributed by atoms with E-state index in [0.29, 0.717) is 19.3 Å². The first-order chi connectivity index (χ1) is 12.1. The van der Waals surface area contributed by atoms with Gasteiger partial charge in [0, 0.05) is 26.4 Å². The van der Waals surface area contributed by atoms with Gasteiger partial charge < -0.3 is 20.4 Å². The minimum absolute atomic E-state index is 0.0676. The van der Waals surface area contributed by atoms with Crippen LogP contribution >= 0.6 is 0 Å². The predicted molar refractivity (Wildman–Crippen MR) is 91.4 cm³/mol. The normalized spacial score (nSPS) is 14.9. The van der Waals surface area contributed by atoms with Crippen molar-refractivity contribution in [1.82, 2.24) is 20.6 Å². The lowest BCUT2D eigenvalue weighted by Crippen LogP contribution is -2.30. The molecule has 1 aliphatic rings. The van der Waals surface area contributed by atoms with E-state index in [1.165, 1.54) is 32.5 Å². The molecule has 25 heavy (non-hydrogen) atoms. The maximum atomic E-state index is 12.0. The van der Waals surface area contributed by atoms with Crippen molar-refractivity contribution in [2.75, 3.05) is 20.2 Å². The van der Waals surface area contributed by atoms with Gasteiger partial charge >= 0.3 is 0 Å². The summed E-state index contributed by atoms with van der Waals surface area (Å²) in [5.41, 5.74) is 0.229. The van der Waals surface area contributed by atoms with Crippen LogP contribution in [-0.2, 0) is 9.53 Å². The van der Waals surface area contributed by atoms with Gasteiger partial charge in [0.15, 0.2) is 11.6 Å². The second-order valence-electron chi connectivity index (χ2n) is 6.13. The Morgan fingerprint density at radius 3 is 2.72 bits per heavy atom. The number of nitrogens with one attached hydrogen (secondary N) is 3. The number of Topliss-reactive ketones (excluding diaryl/α,β-unsaturated/α-hetero) is 1. The zero-order valence-electron chi connectivity index (χ0n) is 14.6. The van der Waals surface area contributed by atoms with E-state index in [1.807, 2.05) is 0 Å². The van der Waals surface area contributed by atoms with Gasteiger partial charge in [0.2, 0.25) is 5.91 Å². The first kappa shape index (κ1) is 19.1. The van der Waals surface area contributed by atoms with Crippen LogP contribution in [0.3, 0.4) is 0 Å². The van der Waals surface area contributed by atoms with E-state index in [4.69, 9.17) is 4.74 Å². The van der Waals surface area contributed by atoms with Crippen LogP contribution in [0.5, 0.6) is 0 Å². The van der Waals surface area contributed by atoms with Gasteiger partial charge in [-0.05, 0) is 12.8 Å². The molecule has 0 saturated heterocycles. The number of carbonyl (C=O) groups excluding carboxylic acids is 3. The molecule has 0 aliphatic heterocycles. The second-order valence-corrected chi connectivity index (χ2v) is 6.13. The first-order valence-corrected chi connectivity index (χ1v) is 8.78. The SMILES string of the molecule is CNC(=O)CCC(=O)c1cnc(C(=O)NCCOC2CCCCC2)[nH]1. The fourth-order valence-corrected chi connectivity index (χ4v) is 2.77. The Balaban J connectivity index is 1.70. The third-order valence-electron chi connectivity index (χ3n) is 4.24. The molecule has 0 radical (unpaired) electrons. The molecule has 0 bridgehead atoms. The lowest BCUT2D eigenvalue weighted by molar-refractivity contribution is -0.120. The molecular formula is C17H26N4O4. The van der Waals surface area contributed by atoms with E-state index in [1.54, 1.807) is 0 Å². The lowest BCUT2D eigenvalue weighted by Gasteiger charge is -2.21. The number of imidazole rings is 1. The maximum Gasteiger partial charge on any atom is 0.287 e. The predicted octanol–water partition coefficient (Wildman–Crippen LogP) is 1.20. The molecule has 138 valence electrons. The Morgan fingerprint density at radius 2 is 2.00 bits per heavy atom. The van der Waals surface area contributed by atoms with Crippen LogP contribution in [-0.4, -0.2) is 53.9 Å². The third kappa shape index (κ3) is 6.30. The summed E-state index contributed by atoms with van der Waals surface area (Å²) in [6, 6.07) is 0. The Labute approximate surface area is 147 Å². The number of rotatable bonds is 9. The molecular weight excluding hydrogens is 324 g/mol. The summed E-state index contributed by atoms with van der Waals surface area (Å²) < 4.78 is 5.74. The molecule has 2 amide bonds. The van der Waals surface area contributed by atoms with Crippen molar-refractivity contribution < 1.29 is 19.1 Å². The van der Waals surface area contributed by atoms with Crippen LogP contribution in [0.25, 0.3) is 0 Å². The van der Waals surface area contributed by atoms with Crippen molar-refractivity contribution in [3.8, 4) is 0 Å². The number of nitrogens with zero attached hydrogens (tertiary/aromatic N) is 1. The third-order valence-corrected chi connectivity index (χ3v) is 4.24. The summed E-state index contributed by atoms with van der Waals surface area (Å²) >= 11 is 0. The van der Waals surface area contributed by atoms with Crippen LogP contribution in [0, 0.1) is 0 Å². The topological polar surface area (TPSA) is 113 Å². The summed E-state index contributed by atoms with van der Waals surface area (Å²) in [4.78, 5) is 41.7. The fourth-order valence-electron chi connectivity index (χ4n) is 2.77. The highest BCUT2D eigenvalue weighted by Gasteiger charge is 2.16. The zero-order valence-corrected chi connectivity index (χ0v) is 14.6. The molecule has 8 heteroatoms. The monoisotopic (exact) mass is 350 g/mol. The maximum absolute atomic E-state index is 12.0. The van der Waals surface area contributed by atoms with Crippen LogP contribution in [0.2, 0.25) is 0 Å². The Bertz CT molecular complexity index is 593. The number of aromatic amines is 1. The van der Waals surface area contributed by atoms with Gasteiger partial charge in [-0.3, -0.25) is 14.4 Å². The van der Waals surface area contributed by atoms with E-state index < -0.39 is 0 Å². The molecule has 0 aromatic carbocycles. The summed E-state index contributed by atoms with van der Waals surface area (Å²) in [5.74, 6) is -0.752. The van der Waals surface area contributed by atoms with Crippen molar-refractivity contribution in [3.05, 3.63) is 17.7 Å². The van der Waals surface area contributed by atoms with Gasteiger partial charge in [0.1, 0.15) is 5.69 Å². The molecule has 1 fully saturated rings. The number of ether oxygens (including phenoxy) is 1. The quantitative estimate of drug-likeness (QED) is 0.457. The van der Waals surface area contributed by atoms with Gasteiger partial charge in [-0.15, -0.1) is 0 Å². The highest BCUT2D eigenvalue weighted by molar-refractivity contribution is 5.98. The van der Waals surface area contributed by atoms with Crippen LogP contribution in [0.1, 0.15) is 66.1 Å². The zero-order chi connectivity index (χ0) is 18.1. The van der Waals surface area contributed by atoms with Gasteiger partial charge in [0.25, 0.3) is 5.91 Å². The number of aromatic nitrogens is 2. The molecule has 8 nitrogen and oxygen atoms in total. The molecule has 1 heterocycles. The number of hydrogen-bond acceptors (Lipinski definition) is 5.